The molecule has 0 radical (unpaired) electrons. The first kappa shape index (κ1) is 11.6. The van der Waals surface area contributed by atoms with Gasteiger partial charge in [-0.2, -0.15) is 0 Å². The molecule has 16 heavy (non-hydrogen) atoms. The number of likely N-dealkylation sites (tertiary alicyclic amines) is 1. The second-order valence-electron chi connectivity index (χ2n) is 4.88. The van der Waals surface area contributed by atoms with Crippen molar-refractivity contribution < 1.29 is 5.11 Å². The Kier molecular flexibility index (Phi) is 3.61. The number of hydrogen-bond donors (Lipinski definition) is 1. The van der Waals surface area contributed by atoms with Gasteiger partial charge in [0.25, 0.3) is 0 Å². The molecule has 1 atom stereocenters. The van der Waals surface area contributed by atoms with Gasteiger partial charge in [-0.3, -0.25) is 4.90 Å². The largest absolute Gasteiger partial charge is 0.392 e. The predicted octanol–water partition coefficient (Wildman–Crippen LogP) is 1.42. The van der Waals surface area contributed by atoms with Crippen molar-refractivity contribution in [2.24, 2.45) is 0 Å². The molecule has 1 aromatic rings. The van der Waals surface area contributed by atoms with E-state index >= 15 is 0 Å². The Bertz CT molecular complexity index is 335. The van der Waals surface area contributed by atoms with Gasteiger partial charge in [0.15, 0.2) is 0 Å². The summed E-state index contributed by atoms with van der Waals surface area (Å²) in [7, 11) is 0. The van der Waals surface area contributed by atoms with Crippen LogP contribution in [0, 0.1) is 0 Å². The van der Waals surface area contributed by atoms with Gasteiger partial charge in [-0.25, -0.2) is 4.98 Å². The van der Waals surface area contributed by atoms with E-state index < -0.39 is 0 Å². The summed E-state index contributed by atoms with van der Waals surface area (Å²) in [6, 6.07) is 0.451. The fraction of sp³-hybridized carbons (Fsp3) is 0.750. The summed E-state index contributed by atoms with van der Waals surface area (Å²) in [5.41, 5.74) is 0. The van der Waals surface area contributed by atoms with Gasteiger partial charge >= 0.3 is 0 Å². The molecular formula is C12H21N3O. The maximum Gasteiger partial charge on any atom is 0.123 e. The highest BCUT2D eigenvalue weighted by atomic mass is 16.3. The van der Waals surface area contributed by atoms with E-state index in [1.54, 1.807) is 0 Å². The summed E-state index contributed by atoms with van der Waals surface area (Å²) in [6.07, 6.45) is 5.76. The Morgan fingerprint density at radius 2 is 2.38 bits per heavy atom. The molecule has 0 aromatic carbocycles. The highest BCUT2D eigenvalue weighted by Gasteiger charge is 2.19. The summed E-state index contributed by atoms with van der Waals surface area (Å²) in [6.45, 7) is 7.03. The Labute approximate surface area is 96.9 Å². The van der Waals surface area contributed by atoms with Gasteiger partial charge in [-0.05, 0) is 33.2 Å². The lowest BCUT2D eigenvalue weighted by Gasteiger charge is -2.30. The third-order valence-corrected chi connectivity index (χ3v) is 3.15. The van der Waals surface area contributed by atoms with Crippen LogP contribution in [0.4, 0.5) is 0 Å². The molecule has 2 heterocycles. The van der Waals surface area contributed by atoms with E-state index in [-0.39, 0.29) is 6.10 Å². The average Bonchev–Trinajstić information content (AvgIpc) is 2.66. The second kappa shape index (κ2) is 4.97. The van der Waals surface area contributed by atoms with Crippen LogP contribution < -0.4 is 0 Å². The molecule has 1 fully saturated rings. The molecule has 2 rings (SSSR count). The van der Waals surface area contributed by atoms with E-state index in [1.807, 2.05) is 12.4 Å². The van der Waals surface area contributed by atoms with Crippen LogP contribution in [0.1, 0.15) is 38.6 Å². The molecule has 0 spiro atoms. The van der Waals surface area contributed by atoms with E-state index in [0.29, 0.717) is 6.04 Å². The molecule has 0 amide bonds. The molecule has 4 heteroatoms. The minimum atomic E-state index is -0.156. The zero-order valence-electron chi connectivity index (χ0n) is 10.1. The van der Waals surface area contributed by atoms with Crippen LogP contribution in [-0.2, 0) is 6.54 Å². The van der Waals surface area contributed by atoms with Crippen molar-refractivity contribution in [1.82, 2.24) is 14.5 Å². The molecule has 90 valence electrons. The lowest BCUT2D eigenvalue weighted by Crippen LogP contribution is -2.38. The molecule has 4 nitrogen and oxygen atoms in total. The van der Waals surface area contributed by atoms with Crippen LogP contribution in [0.25, 0.3) is 0 Å². The van der Waals surface area contributed by atoms with Crippen LogP contribution in [-0.4, -0.2) is 38.8 Å². The predicted molar refractivity (Wildman–Crippen MR) is 63.1 cm³/mol. The molecule has 1 aliphatic heterocycles. The Morgan fingerprint density at radius 1 is 1.56 bits per heavy atom. The Balaban J connectivity index is 2.00. The lowest BCUT2D eigenvalue weighted by molar-refractivity contribution is 0.0648. The first-order valence-electron chi connectivity index (χ1n) is 6.09. The SMILES string of the molecule is CC(C)n1ccnc1CN1CCCC(O)C1. The summed E-state index contributed by atoms with van der Waals surface area (Å²) >= 11 is 0. The number of aromatic nitrogens is 2. The summed E-state index contributed by atoms with van der Waals surface area (Å²) < 4.78 is 2.20. The van der Waals surface area contributed by atoms with Crippen LogP contribution in [0.15, 0.2) is 12.4 Å². The fourth-order valence-electron chi connectivity index (χ4n) is 2.31. The van der Waals surface area contributed by atoms with Gasteiger partial charge in [-0.1, -0.05) is 0 Å². The average molecular weight is 223 g/mol. The maximum absolute atomic E-state index is 9.62. The first-order valence-corrected chi connectivity index (χ1v) is 6.09. The number of aliphatic hydroxyl groups is 1. The van der Waals surface area contributed by atoms with Crippen molar-refractivity contribution in [2.45, 2.75) is 45.4 Å². The van der Waals surface area contributed by atoms with Crippen molar-refractivity contribution in [3.63, 3.8) is 0 Å². The second-order valence-corrected chi connectivity index (χ2v) is 4.88. The zero-order chi connectivity index (χ0) is 11.5. The number of piperidine rings is 1. The highest BCUT2D eigenvalue weighted by molar-refractivity contribution is 4.95. The normalized spacial score (nSPS) is 22.9. The third kappa shape index (κ3) is 2.62. The molecule has 1 saturated heterocycles. The number of nitrogens with zero attached hydrogens (tertiary/aromatic N) is 3. The molecule has 1 unspecified atom stereocenters. The van der Waals surface area contributed by atoms with E-state index in [4.69, 9.17) is 0 Å². The molecule has 0 saturated carbocycles. The van der Waals surface area contributed by atoms with Crippen LogP contribution >= 0.6 is 0 Å². The maximum atomic E-state index is 9.62. The number of imidazole rings is 1. The van der Waals surface area contributed by atoms with Gasteiger partial charge in [0.1, 0.15) is 5.82 Å². The zero-order valence-corrected chi connectivity index (χ0v) is 10.1. The molecule has 1 aliphatic rings. The molecular weight excluding hydrogens is 202 g/mol. The van der Waals surface area contributed by atoms with E-state index in [2.05, 4.69) is 28.3 Å². The van der Waals surface area contributed by atoms with Crippen molar-refractivity contribution in [1.29, 1.82) is 0 Å². The fourth-order valence-corrected chi connectivity index (χ4v) is 2.31. The van der Waals surface area contributed by atoms with Crippen LogP contribution in [0.2, 0.25) is 0 Å². The monoisotopic (exact) mass is 223 g/mol. The van der Waals surface area contributed by atoms with Gasteiger partial charge < -0.3 is 9.67 Å². The number of aliphatic hydroxyl groups excluding tert-OH is 1. The van der Waals surface area contributed by atoms with E-state index in [9.17, 15) is 5.11 Å². The topological polar surface area (TPSA) is 41.3 Å². The van der Waals surface area contributed by atoms with Crippen molar-refractivity contribution in [3.05, 3.63) is 18.2 Å². The molecule has 0 aliphatic carbocycles. The minimum Gasteiger partial charge on any atom is -0.392 e. The lowest BCUT2D eigenvalue weighted by atomic mass is 10.1. The quantitative estimate of drug-likeness (QED) is 0.842. The van der Waals surface area contributed by atoms with E-state index in [1.165, 1.54) is 0 Å². The van der Waals surface area contributed by atoms with Crippen LogP contribution in [0.3, 0.4) is 0 Å². The van der Waals surface area contributed by atoms with Crippen LogP contribution in [0.5, 0.6) is 0 Å². The molecule has 1 N–H and O–H groups in total. The van der Waals surface area contributed by atoms with Gasteiger partial charge in [0.05, 0.1) is 12.6 Å². The van der Waals surface area contributed by atoms with Gasteiger partial charge in [0, 0.05) is 25.0 Å². The van der Waals surface area contributed by atoms with Crippen molar-refractivity contribution >= 4 is 0 Å². The highest BCUT2D eigenvalue weighted by Crippen LogP contribution is 2.15. The Morgan fingerprint density at radius 3 is 3.06 bits per heavy atom. The number of β-amino-alcohol motifs (C(OH)–C–C–N with tert-alkyl or cyclic N) is 1. The minimum absolute atomic E-state index is 0.156. The molecule has 1 aromatic heterocycles. The van der Waals surface area contributed by atoms with Crippen molar-refractivity contribution in [2.75, 3.05) is 13.1 Å². The number of rotatable bonds is 3. The summed E-state index contributed by atoms with van der Waals surface area (Å²) in [4.78, 5) is 6.68. The number of hydrogen-bond acceptors (Lipinski definition) is 3. The smallest absolute Gasteiger partial charge is 0.123 e. The first-order chi connectivity index (χ1) is 7.66. The summed E-state index contributed by atoms with van der Waals surface area (Å²) in [5, 5.41) is 9.62. The van der Waals surface area contributed by atoms with E-state index in [0.717, 1.165) is 38.3 Å². The Hall–Kier alpha value is -0.870. The van der Waals surface area contributed by atoms with Gasteiger partial charge in [-0.15, -0.1) is 0 Å². The third-order valence-electron chi connectivity index (χ3n) is 3.15. The summed E-state index contributed by atoms with van der Waals surface area (Å²) in [5.74, 6) is 1.10. The molecule has 0 bridgehead atoms. The standard InChI is InChI=1S/C12H21N3O/c1-10(2)15-7-5-13-12(15)9-14-6-3-4-11(16)8-14/h5,7,10-11,16H,3-4,6,8-9H2,1-2H3. The van der Waals surface area contributed by atoms with Gasteiger partial charge in [0.2, 0.25) is 0 Å². The van der Waals surface area contributed by atoms with Crippen molar-refractivity contribution in [3.8, 4) is 0 Å².